The minimum absolute atomic E-state index is 0.400. The van der Waals surface area contributed by atoms with E-state index in [4.69, 9.17) is 0 Å². The molecule has 0 atom stereocenters. The van der Waals surface area contributed by atoms with Crippen LogP contribution < -0.4 is 5.32 Å². The molecule has 1 N–H and O–H groups in total. The third kappa shape index (κ3) is 3.43. The van der Waals surface area contributed by atoms with Gasteiger partial charge in [-0.05, 0) is 24.6 Å². The average molecular weight is 267 g/mol. The quantitative estimate of drug-likeness (QED) is 0.926. The van der Waals surface area contributed by atoms with Crippen LogP contribution in [-0.4, -0.2) is 9.97 Å². The van der Waals surface area contributed by atoms with Gasteiger partial charge in [0.05, 0.1) is 11.3 Å². The topological polar surface area (TPSA) is 37.8 Å². The van der Waals surface area contributed by atoms with Crippen LogP contribution >= 0.6 is 0 Å². The van der Waals surface area contributed by atoms with Crippen LogP contribution in [0.1, 0.15) is 16.8 Å². The fourth-order valence-corrected chi connectivity index (χ4v) is 1.58. The standard InChI is InChI=1S/C13H12F3N3/c1-9-12(18-7-6-17-9)19-8-10-2-4-11(5-3-10)13(14,15)16/h2-7H,8H2,1H3,(H,18,19). The maximum absolute atomic E-state index is 12.4. The van der Waals surface area contributed by atoms with E-state index in [9.17, 15) is 13.2 Å². The second-order valence-corrected chi connectivity index (χ2v) is 4.04. The summed E-state index contributed by atoms with van der Waals surface area (Å²) in [5.74, 6) is 0.627. The van der Waals surface area contributed by atoms with Gasteiger partial charge in [-0.25, -0.2) is 4.98 Å². The Kier molecular flexibility index (Phi) is 3.69. The zero-order chi connectivity index (χ0) is 13.9. The van der Waals surface area contributed by atoms with Crippen LogP contribution in [0.5, 0.6) is 0 Å². The molecule has 0 amide bonds. The molecule has 0 aliphatic heterocycles. The molecule has 0 aliphatic carbocycles. The fraction of sp³-hybridized carbons (Fsp3) is 0.231. The summed E-state index contributed by atoms with van der Waals surface area (Å²) in [7, 11) is 0. The molecular formula is C13H12F3N3. The number of rotatable bonds is 3. The largest absolute Gasteiger partial charge is 0.416 e. The van der Waals surface area contributed by atoms with Crippen molar-refractivity contribution in [3.05, 3.63) is 53.5 Å². The van der Waals surface area contributed by atoms with E-state index < -0.39 is 11.7 Å². The summed E-state index contributed by atoms with van der Waals surface area (Å²) in [4.78, 5) is 8.16. The van der Waals surface area contributed by atoms with E-state index in [-0.39, 0.29) is 0 Å². The van der Waals surface area contributed by atoms with Crippen LogP contribution in [0.4, 0.5) is 19.0 Å². The zero-order valence-corrected chi connectivity index (χ0v) is 10.2. The average Bonchev–Trinajstić information content (AvgIpc) is 2.37. The van der Waals surface area contributed by atoms with E-state index in [1.54, 1.807) is 12.4 Å². The Hall–Kier alpha value is -2.11. The smallest absolute Gasteiger partial charge is 0.364 e. The van der Waals surface area contributed by atoms with E-state index in [2.05, 4.69) is 15.3 Å². The highest BCUT2D eigenvalue weighted by atomic mass is 19.4. The van der Waals surface area contributed by atoms with E-state index in [0.29, 0.717) is 12.4 Å². The number of aromatic nitrogens is 2. The molecule has 1 aromatic carbocycles. The van der Waals surface area contributed by atoms with Gasteiger partial charge in [-0.2, -0.15) is 13.2 Å². The highest BCUT2D eigenvalue weighted by Gasteiger charge is 2.29. The Bertz CT molecular complexity index is 550. The highest BCUT2D eigenvalue weighted by molar-refractivity contribution is 5.39. The summed E-state index contributed by atoms with van der Waals surface area (Å²) in [6, 6.07) is 5.03. The van der Waals surface area contributed by atoms with Crippen molar-refractivity contribution < 1.29 is 13.2 Å². The van der Waals surface area contributed by atoms with Crippen molar-refractivity contribution >= 4 is 5.82 Å². The molecule has 0 radical (unpaired) electrons. The molecule has 100 valence electrons. The number of nitrogens with zero attached hydrogens (tertiary/aromatic N) is 2. The number of benzene rings is 1. The van der Waals surface area contributed by atoms with Gasteiger partial charge < -0.3 is 5.32 Å². The lowest BCUT2D eigenvalue weighted by Crippen LogP contribution is -2.06. The van der Waals surface area contributed by atoms with Crippen molar-refractivity contribution in [2.45, 2.75) is 19.6 Å². The van der Waals surface area contributed by atoms with Crippen LogP contribution in [0.2, 0.25) is 0 Å². The van der Waals surface area contributed by atoms with Gasteiger partial charge >= 0.3 is 6.18 Å². The molecule has 2 aromatic rings. The van der Waals surface area contributed by atoms with E-state index >= 15 is 0 Å². The first-order valence-corrected chi connectivity index (χ1v) is 5.64. The number of alkyl halides is 3. The number of aryl methyl sites for hydroxylation is 1. The summed E-state index contributed by atoms with van der Waals surface area (Å²) in [5.41, 5.74) is 0.847. The predicted molar refractivity (Wildman–Crippen MR) is 65.5 cm³/mol. The van der Waals surface area contributed by atoms with Gasteiger partial charge in [0.2, 0.25) is 0 Å². The molecule has 0 fully saturated rings. The summed E-state index contributed by atoms with van der Waals surface area (Å²) in [6.45, 7) is 2.21. The Balaban J connectivity index is 2.03. The summed E-state index contributed by atoms with van der Waals surface area (Å²) in [5, 5.41) is 3.03. The normalized spacial score (nSPS) is 11.4. The molecule has 1 aromatic heterocycles. The molecular weight excluding hydrogens is 255 g/mol. The second kappa shape index (κ2) is 5.26. The number of halogens is 3. The van der Waals surface area contributed by atoms with Crippen molar-refractivity contribution in [1.82, 2.24) is 9.97 Å². The van der Waals surface area contributed by atoms with Crippen molar-refractivity contribution in [2.24, 2.45) is 0 Å². The van der Waals surface area contributed by atoms with Crippen LogP contribution in [0.3, 0.4) is 0 Å². The molecule has 0 spiro atoms. The Labute approximate surface area is 108 Å². The lowest BCUT2D eigenvalue weighted by atomic mass is 10.1. The molecule has 6 heteroatoms. The molecule has 19 heavy (non-hydrogen) atoms. The van der Waals surface area contributed by atoms with Crippen molar-refractivity contribution in [2.75, 3.05) is 5.32 Å². The van der Waals surface area contributed by atoms with Crippen LogP contribution in [-0.2, 0) is 12.7 Å². The van der Waals surface area contributed by atoms with E-state index in [1.165, 1.54) is 12.1 Å². The minimum Gasteiger partial charge on any atom is -0.364 e. The third-order valence-corrected chi connectivity index (χ3v) is 2.62. The highest BCUT2D eigenvalue weighted by Crippen LogP contribution is 2.29. The SMILES string of the molecule is Cc1nccnc1NCc1ccc(C(F)(F)F)cc1. The number of nitrogens with one attached hydrogen (secondary N) is 1. The van der Waals surface area contributed by atoms with Gasteiger partial charge in [-0.15, -0.1) is 0 Å². The Morgan fingerprint density at radius 3 is 2.26 bits per heavy atom. The third-order valence-electron chi connectivity index (χ3n) is 2.62. The molecule has 0 saturated carbocycles. The monoisotopic (exact) mass is 267 g/mol. The van der Waals surface area contributed by atoms with Gasteiger partial charge in [0, 0.05) is 18.9 Å². The lowest BCUT2D eigenvalue weighted by Gasteiger charge is -2.09. The van der Waals surface area contributed by atoms with Gasteiger partial charge in [0.1, 0.15) is 5.82 Å². The van der Waals surface area contributed by atoms with Gasteiger partial charge in [-0.1, -0.05) is 12.1 Å². The first-order valence-electron chi connectivity index (χ1n) is 5.64. The number of hydrogen-bond acceptors (Lipinski definition) is 3. The molecule has 0 aliphatic rings. The second-order valence-electron chi connectivity index (χ2n) is 4.04. The van der Waals surface area contributed by atoms with Crippen molar-refractivity contribution in [1.29, 1.82) is 0 Å². The molecule has 0 unspecified atom stereocenters. The zero-order valence-electron chi connectivity index (χ0n) is 10.2. The number of anilines is 1. The minimum atomic E-state index is -4.30. The van der Waals surface area contributed by atoms with Gasteiger partial charge in [0.15, 0.2) is 0 Å². The molecule has 0 bridgehead atoms. The number of hydrogen-bond donors (Lipinski definition) is 1. The first kappa shape index (κ1) is 13.3. The molecule has 0 saturated heterocycles. The first-order chi connectivity index (χ1) is 8.97. The van der Waals surface area contributed by atoms with Crippen molar-refractivity contribution in [3.8, 4) is 0 Å². The summed E-state index contributed by atoms with van der Waals surface area (Å²) < 4.78 is 37.2. The van der Waals surface area contributed by atoms with E-state index in [0.717, 1.165) is 23.4 Å². The fourth-order valence-electron chi connectivity index (χ4n) is 1.58. The maximum Gasteiger partial charge on any atom is 0.416 e. The van der Waals surface area contributed by atoms with Gasteiger partial charge in [-0.3, -0.25) is 4.98 Å². The molecule has 2 rings (SSSR count). The molecule has 3 nitrogen and oxygen atoms in total. The predicted octanol–water partition coefficient (Wildman–Crippen LogP) is 3.42. The Morgan fingerprint density at radius 1 is 1.05 bits per heavy atom. The molecule has 1 heterocycles. The van der Waals surface area contributed by atoms with Crippen LogP contribution in [0.15, 0.2) is 36.7 Å². The summed E-state index contributed by atoms with van der Waals surface area (Å²) in [6.07, 6.45) is -1.16. The maximum atomic E-state index is 12.4. The Morgan fingerprint density at radius 2 is 1.68 bits per heavy atom. The van der Waals surface area contributed by atoms with Crippen molar-refractivity contribution in [3.63, 3.8) is 0 Å². The van der Waals surface area contributed by atoms with E-state index in [1.807, 2.05) is 6.92 Å². The van der Waals surface area contributed by atoms with Crippen LogP contribution in [0, 0.1) is 6.92 Å². The lowest BCUT2D eigenvalue weighted by molar-refractivity contribution is -0.137. The van der Waals surface area contributed by atoms with Crippen LogP contribution in [0.25, 0.3) is 0 Å². The summed E-state index contributed by atoms with van der Waals surface area (Å²) >= 11 is 0. The van der Waals surface area contributed by atoms with Gasteiger partial charge in [0.25, 0.3) is 0 Å².